The maximum atomic E-state index is 12.2. The maximum absolute atomic E-state index is 12.2. The molecule has 2 N–H and O–H groups in total. The molecule has 0 radical (unpaired) electrons. The lowest BCUT2D eigenvalue weighted by Crippen LogP contribution is -2.53. The molecule has 2 rings (SSSR count). The normalized spacial score (nSPS) is 33.7. The summed E-state index contributed by atoms with van der Waals surface area (Å²) in [6, 6.07) is 0.0238. The molecule has 0 amide bonds. The van der Waals surface area contributed by atoms with Gasteiger partial charge in [0.15, 0.2) is 0 Å². The summed E-state index contributed by atoms with van der Waals surface area (Å²) in [7, 11) is -3.23. The Morgan fingerprint density at radius 2 is 2.11 bits per heavy atom. The molecule has 0 saturated carbocycles. The fourth-order valence-corrected chi connectivity index (χ4v) is 4.09. The number of halogens is 1. The van der Waals surface area contributed by atoms with Gasteiger partial charge >= 0.3 is 0 Å². The summed E-state index contributed by atoms with van der Waals surface area (Å²) in [5.41, 5.74) is 0. The van der Waals surface area contributed by atoms with Crippen LogP contribution in [0.4, 0.5) is 0 Å². The average molecular weight is 299 g/mol. The Kier molecular flexibility index (Phi) is 6.34. The first-order valence-electron chi connectivity index (χ1n) is 6.39. The van der Waals surface area contributed by atoms with Gasteiger partial charge in [0.1, 0.15) is 0 Å². The van der Waals surface area contributed by atoms with Gasteiger partial charge in [0.2, 0.25) is 10.0 Å². The third-order valence-corrected chi connectivity index (χ3v) is 5.58. The number of piperidine rings is 1. The fraction of sp³-hybridized carbons (Fsp3) is 1.00. The van der Waals surface area contributed by atoms with E-state index in [0.29, 0.717) is 25.6 Å². The molecule has 18 heavy (non-hydrogen) atoms. The quantitative estimate of drug-likeness (QED) is 0.796. The molecule has 2 heterocycles. The molecule has 3 atom stereocenters. The Morgan fingerprint density at radius 3 is 2.72 bits per heavy atom. The van der Waals surface area contributed by atoms with Gasteiger partial charge in [0, 0.05) is 19.2 Å². The molecule has 3 unspecified atom stereocenters. The summed E-state index contributed by atoms with van der Waals surface area (Å²) >= 11 is 0. The average Bonchev–Trinajstić information content (AvgIpc) is 2.33. The van der Waals surface area contributed by atoms with Crippen LogP contribution in [0.15, 0.2) is 0 Å². The van der Waals surface area contributed by atoms with E-state index in [4.69, 9.17) is 4.74 Å². The van der Waals surface area contributed by atoms with Crippen LogP contribution in [0, 0.1) is 5.92 Å². The molecule has 2 aliphatic rings. The van der Waals surface area contributed by atoms with Gasteiger partial charge in [0.25, 0.3) is 0 Å². The van der Waals surface area contributed by atoms with Gasteiger partial charge < -0.3 is 10.1 Å². The monoisotopic (exact) mass is 298 g/mol. The lowest BCUT2D eigenvalue weighted by molar-refractivity contribution is 0.0985. The van der Waals surface area contributed by atoms with Crippen molar-refractivity contribution in [1.29, 1.82) is 0 Å². The summed E-state index contributed by atoms with van der Waals surface area (Å²) in [5.74, 6) is 0.399. The van der Waals surface area contributed by atoms with E-state index in [1.807, 2.05) is 0 Å². The summed E-state index contributed by atoms with van der Waals surface area (Å²) in [4.78, 5) is 0. The molecule has 7 heteroatoms. The van der Waals surface area contributed by atoms with Crippen LogP contribution in [0.5, 0.6) is 0 Å². The zero-order chi connectivity index (χ0) is 12.3. The van der Waals surface area contributed by atoms with E-state index in [1.165, 1.54) is 0 Å². The smallest absolute Gasteiger partial charge is 0.217 e. The van der Waals surface area contributed by atoms with E-state index < -0.39 is 10.0 Å². The summed E-state index contributed by atoms with van der Waals surface area (Å²) in [6.45, 7) is 4.84. The van der Waals surface area contributed by atoms with Crippen LogP contribution in [0.25, 0.3) is 0 Å². The van der Waals surface area contributed by atoms with Crippen LogP contribution in [-0.4, -0.2) is 46.0 Å². The van der Waals surface area contributed by atoms with E-state index in [0.717, 1.165) is 25.9 Å². The molecule has 0 aromatic heterocycles. The van der Waals surface area contributed by atoms with E-state index in [9.17, 15) is 8.42 Å². The predicted molar refractivity (Wildman–Crippen MR) is 73.6 cm³/mol. The summed E-state index contributed by atoms with van der Waals surface area (Å²) in [5, 5.41) is 2.86. The molecule has 108 valence electrons. The van der Waals surface area contributed by atoms with Crippen molar-refractivity contribution in [1.82, 2.24) is 10.0 Å². The molecule has 0 aromatic carbocycles. The first-order chi connectivity index (χ1) is 8.09. The third kappa shape index (κ3) is 4.06. The highest BCUT2D eigenvalue weighted by molar-refractivity contribution is 7.90. The van der Waals surface area contributed by atoms with Crippen molar-refractivity contribution in [2.75, 3.05) is 26.3 Å². The zero-order valence-electron chi connectivity index (χ0n) is 10.7. The van der Waals surface area contributed by atoms with Gasteiger partial charge in [-0.2, -0.15) is 0 Å². The van der Waals surface area contributed by atoms with Crippen molar-refractivity contribution in [2.24, 2.45) is 5.92 Å². The number of rotatable bonds is 3. The Bertz CT molecular complexity index is 344. The van der Waals surface area contributed by atoms with Crippen molar-refractivity contribution in [3.63, 3.8) is 0 Å². The Balaban J connectivity index is 0.00000162. The lowest BCUT2D eigenvalue weighted by Gasteiger charge is -2.32. The standard InChI is InChI=1S/C11H22N2O3S.ClH/c1-9-4-5-12-7-11(9)13-17(14,15)10-3-2-6-16-8-10;/h9-13H,2-8H2,1H3;1H. The molecule has 2 saturated heterocycles. The largest absolute Gasteiger partial charge is 0.380 e. The van der Waals surface area contributed by atoms with Crippen molar-refractivity contribution >= 4 is 22.4 Å². The van der Waals surface area contributed by atoms with Gasteiger partial charge in [-0.3, -0.25) is 0 Å². The number of hydrogen-bond acceptors (Lipinski definition) is 4. The second-order valence-electron chi connectivity index (χ2n) is 5.08. The van der Waals surface area contributed by atoms with E-state index in [-0.39, 0.29) is 23.7 Å². The number of hydrogen-bond donors (Lipinski definition) is 2. The number of ether oxygens (including phenoxy) is 1. The van der Waals surface area contributed by atoms with Crippen molar-refractivity contribution in [3.05, 3.63) is 0 Å². The first kappa shape index (κ1) is 16.2. The second kappa shape index (κ2) is 7.05. The highest BCUT2D eigenvalue weighted by atomic mass is 35.5. The van der Waals surface area contributed by atoms with E-state index >= 15 is 0 Å². The zero-order valence-corrected chi connectivity index (χ0v) is 12.4. The second-order valence-corrected chi connectivity index (χ2v) is 7.07. The van der Waals surface area contributed by atoms with Crippen LogP contribution in [0.2, 0.25) is 0 Å². The molecule has 0 aliphatic carbocycles. The third-order valence-electron chi connectivity index (χ3n) is 3.70. The Labute approximate surface area is 116 Å². The van der Waals surface area contributed by atoms with Crippen molar-refractivity contribution < 1.29 is 13.2 Å². The highest BCUT2D eigenvalue weighted by Crippen LogP contribution is 2.17. The van der Waals surface area contributed by atoms with Gasteiger partial charge in [0.05, 0.1) is 11.9 Å². The lowest BCUT2D eigenvalue weighted by atomic mass is 9.96. The number of sulfonamides is 1. The van der Waals surface area contributed by atoms with Crippen LogP contribution in [-0.2, 0) is 14.8 Å². The molecule has 5 nitrogen and oxygen atoms in total. The van der Waals surface area contributed by atoms with Crippen LogP contribution >= 0.6 is 12.4 Å². The maximum Gasteiger partial charge on any atom is 0.217 e. The SMILES string of the molecule is CC1CCNCC1NS(=O)(=O)C1CCCOC1.Cl. The van der Waals surface area contributed by atoms with E-state index in [2.05, 4.69) is 17.0 Å². The predicted octanol–water partition coefficient (Wildman–Crippen LogP) is 0.505. The number of nitrogens with one attached hydrogen (secondary N) is 2. The molecule has 0 spiro atoms. The van der Waals surface area contributed by atoms with Crippen LogP contribution in [0.1, 0.15) is 26.2 Å². The molecule has 0 bridgehead atoms. The fourth-order valence-electron chi connectivity index (χ4n) is 2.41. The van der Waals surface area contributed by atoms with E-state index in [1.54, 1.807) is 0 Å². The van der Waals surface area contributed by atoms with Crippen LogP contribution < -0.4 is 10.0 Å². The topological polar surface area (TPSA) is 67.4 Å². The van der Waals surface area contributed by atoms with Gasteiger partial charge in [-0.1, -0.05) is 6.92 Å². The minimum absolute atomic E-state index is 0. The summed E-state index contributed by atoms with van der Waals surface area (Å²) < 4.78 is 32.5. The van der Waals surface area contributed by atoms with Gasteiger partial charge in [-0.25, -0.2) is 13.1 Å². The first-order valence-corrected chi connectivity index (χ1v) is 7.94. The molecule has 2 aliphatic heterocycles. The minimum Gasteiger partial charge on any atom is -0.380 e. The molecule has 0 aromatic rings. The van der Waals surface area contributed by atoms with Crippen molar-refractivity contribution in [3.8, 4) is 0 Å². The van der Waals surface area contributed by atoms with Crippen molar-refractivity contribution in [2.45, 2.75) is 37.5 Å². The highest BCUT2D eigenvalue weighted by Gasteiger charge is 2.32. The van der Waals surface area contributed by atoms with Gasteiger partial charge in [-0.05, 0) is 31.7 Å². The molecular weight excluding hydrogens is 276 g/mol. The van der Waals surface area contributed by atoms with Gasteiger partial charge in [-0.15, -0.1) is 12.4 Å². The minimum atomic E-state index is -3.23. The van der Waals surface area contributed by atoms with Crippen LogP contribution in [0.3, 0.4) is 0 Å². The molecular formula is C11H23ClN2O3S. The Morgan fingerprint density at radius 1 is 1.33 bits per heavy atom. The molecule has 2 fully saturated rings. The Hall–Kier alpha value is 0.120. The summed E-state index contributed by atoms with van der Waals surface area (Å²) in [6.07, 6.45) is 2.57.